The van der Waals surface area contributed by atoms with Crippen LogP contribution in [-0.4, -0.2) is 14.4 Å². The maximum Gasteiger partial charge on any atom is 0.273 e. The SMILES string of the molecule is C=Cc1ccnc2[nH]c(=O)c3cccn3c12. The first-order chi connectivity index (χ1) is 7.81. The van der Waals surface area contributed by atoms with Gasteiger partial charge in [-0.05, 0) is 18.2 Å². The molecule has 78 valence electrons. The van der Waals surface area contributed by atoms with Crippen LogP contribution in [0.5, 0.6) is 0 Å². The molecule has 0 fully saturated rings. The zero-order valence-corrected chi connectivity index (χ0v) is 8.47. The van der Waals surface area contributed by atoms with Crippen LogP contribution in [0.25, 0.3) is 22.8 Å². The summed E-state index contributed by atoms with van der Waals surface area (Å²) in [5, 5.41) is 0. The fourth-order valence-electron chi connectivity index (χ4n) is 1.91. The molecule has 0 aromatic carbocycles. The van der Waals surface area contributed by atoms with Crippen LogP contribution in [0.3, 0.4) is 0 Å². The molecule has 1 N–H and O–H groups in total. The predicted octanol–water partition coefficient (Wildman–Crippen LogP) is 1.82. The summed E-state index contributed by atoms with van der Waals surface area (Å²) in [6.45, 7) is 3.76. The molecule has 3 aromatic rings. The van der Waals surface area contributed by atoms with Crippen LogP contribution in [0.4, 0.5) is 0 Å². The minimum Gasteiger partial charge on any atom is -0.308 e. The van der Waals surface area contributed by atoms with Gasteiger partial charge in [0.25, 0.3) is 5.56 Å². The van der Waals surface area contributed by atoms with Crippen LogP contribution in [0, 0.1) is 0 Å². The summed E-state index contributed by atoms with van der Waals surface area (Å²) in [4.78, 5) is 18.6. The van der Waals surface area contributed by atoms with E-state index in [-0.39, 0.29) is 5.56 Å². The van der Waals surface area contributed by atoms with Crippen molar-refractivity contribution in [2.24, 2.45) is 0 Å². The van der Waals surface area contributed by atoms with Gasteiger partial charge in [-0.2, -0.15) is 0 Å². The Labute approximate surface area is 90.9 Å². The average molecular weight is 211 g/mol. The Morgan fingerprint density at radius 2 is 2.31 bits per heavy atom. The van der Waals surface area contributed by atoms with Crippen LogP contribution in [0.2, 0.25) is 0 Å². The van der Waals surface area contributed by atoms with Crippen molar-refractivity contribution >= 4 is 22.8 Å². The fraction of sp³-hybridized carbons (Fsp3) is 0. The number of hydrogen-bond donors (Lipinski definition) is 1. The van der Waals surface area contributed by atoms with E-state index in [1.807, 2.05) is 22.7 Å². The normalized spacial score (nSPS) is 11.0. The maximum atomic E-state index is 11.7. The van der Waals surface area contributed by atoms with Gasteiger partial charge in [-0.15, -0.1) is 0 Å². The van der Waals surface area contributed by atoms with Crippen molar-refractivity contribution in [3.05, 3.63) is 53.1 Å². The molecule has 3 heterocycles. The first-order valence-corrected chi connectivity index (χ1v) is 4.92. The Bertz CT molecular complexity index is 752. The molecule has 0 saturated carbocycles. The lowest BCUT2D eigenvalue weighted by Gasteiger charge is -2.04. The van der Waals surface area contributed by atoms with Crippen molar-refractivity contribution in [3.8, 4) is 0 Å². The zero-order valence-electron chi connectivity index (χ0n) is 8.47. The van der Waals surface area contributed by atoms with Gasteiger partial charge in [0.05, 0.1) is 5.52 Å². The number of aromatic nitrogens is 3. The molecule has 16 heavy (non-hydrogen) atoms. The number of fused-ring (bicyclic) bond motifs is 3. The Balaban J connectivity index is 2.71. The van der Waals surface area contributed by atoms with E-state index in [4.69, 9.17) is 0 Å². The van der Waals surface area contributed by atoms with Crippen molar-refractivity contribution in [2.45, 2.75) is 0 Å². The Kier molecular flexibility index (Phi) is 1.71. The van der Waals surface area contributed by atoms with E-state index in [9.17, 15) is 4.79 Å². The van der Waals surface area contributed by atoms with Gasteiger partial charge in [0.1, 0.15) is 5.52 Å². The highest BCUT2D eigenvalue weighted by Crippen LogP contribution is 2.16. The van der Waals surface area contributed by atoms with Gasteiger partial charge in [0.2, 0.25) is 0 Å². The van der Waals surface area contributed by atoms with Crippen molar-refractivity contribution in [1.29, 1.82) is 0 Å². The molecule has 0 spiro atoms. The van der Waals surface area contributed by atoms with Crippen LogP contribution in [-0.2, 0) is 0 Å². The Morgan fingerprint density at radius 1 is 1.44 bits per heavy atom. The van der Waals surface area contributed by atoms with Crippen LogP contribution in [0.1, 0.15) is 5.56 Å². The van der Waals surface area contributed by atoms with E-state index in [2.05, 4.69) is 16.5 Å². The lowest BCUT2D eigenvalue weighted by Crippen LogP contribution is -2.10. The highest BCUT2D eigenvalue weighted by molar-refractivity contribution is 5.83. The molecule has 0 radical (unpaired) electrons. The number of pyridine rings is 1. The second-order valence-electron chi connectivity index (χ2n) is 3.52. The van der Waals surface area contributed by atoms with Crippen LogP contribution >= 0.6 is 0 Å². The van der Waals surface area contributed by atoms with Crippen molar-refractivity contribution in [1.82, 2.24) is 14.4 Å². The van der Waals surface area contributed by atoms with Gasteiger partial charge in [-0.25, -0.2) is 4.98 Å². The third-order valence-corrected chi connectivity index (χ3v) is 2.63. The summed E-state index contributed by atoms with van der Waals surface area (Å²) in [5.41, 5.74) is 2.88. The predicted molar refractivity (Wildman–Crippen MR) is 63.4 cm³/mol. The van der Waals surface area contributed by atoms with Crippen LogP contribution < -0.4 is 5.56 Å². The molecule has 0 aliphatic carbocycles. The molecule has 0 bridgehead atoms. The Morgan fingerprint density at radius 3 is 3.12 bits per heavy atom. The number of nitrogens with one attached hydrogen (secondary N) is 1. The van der Waals surface area contributed by atoms with E-state index in [0.29, 0.717) is 11.2 Å². The van der Waals surface area contributed by atoms with Gasteiger partial charge < -0.3 is 9.38 Å². The molecular formula is C12H9N3O. The third kappa shape index (κ3) is 1.04. The van der Waals surface area contributed by atoms with Crippen molar-refractivity contribution in [3.63, 3.8) is 0 Å². The van der Waals surface area contributed by atoms with E-state index in [1.165, 1.54) is 0 Å². The molecule has 0 saturated heterocycles. The summed E-state index contributed by atoms with van der Waals surface area (Å²) in [5.74, 6) is 0. The summed E-state index contributed by atoms with van der Waals surface area (Å²) in [6, 6.07) is 5.48. The minimum atomic E-state index is -0.133. The summed E-state index contributed by atoms with van der Waals surface area (Å²) < 4.78 is 1.83. The first kappa shape index (κ1) is 8.91. The number of H-pyrrole nitrogens is 1. The molecule has 3 rings (SSSR count). The molecular weight excluding hydrogens is 202 g/mol. The first-order valence-electron chi connectivity index (χ1n) is 4.92. The fourth-order valence-corrected chi connectivity index (χ4v) is 1.91. The molecule has 4 heteroatoms. The van der Waals surface area contributed by atoms with E-state index in [1.54, 1.807) is 18.3 Å². The number of hydrogen-bond acceptors (Lipinski definition) is 2. The van der Waals surface area contributed by atoms with Crippen LogP contribution in [0.15, 0.2) is 42.0 Å². The lowest BCUT2D eigenvalue weighted by atomic mass is 10.2. The quantitative estimate of drug-likeness (QED) is 0.667. The zero-order chi connectivity index (χ0) is 11.1. The van der Waals surface area contributed by atoms with Gasteiger partial charge in [-0.3, -0.25) is 4.79 Å². The highest BCUT2D eigenvalue weighted by Gasteiger charge is 2.07. The highest BCUT2D eigenvalue weighted by atomic mass is 16.1. The largest absolute Gasteiger partial charge is 0.308 e. The second kappa shape index (κ2) is 3.06. The standard InChI is InChI=1S/C12H9N3O/c1-2-8-5-6-13-11-10(8)15-7-3-4-9(15)12(16)14-11/h2-7H,1H2,(H,13,14,16). The number of aromatic amines is 1. The monoisotopic (exact) mass is 211 g/mol. The molecule has 0 aliphatic rings. The van der Waals surface area contributed by atoms with Crippen molar-refractivity contribution in [2.75, 3.05) is 0 Å². The maximum absolute atomic E-state index is 11.7. The van der Waals surface area contributed by atoms with Gasteiger partial charge in [-0.1, -0.05) is 12.7 Å². The topological polar surface area (TPSA) is 50.2 Å². The van der Waals surface area contributed by atoms with Gasteiger partial charge in [0, 0.05) is 18.0 Å². The number of nitrogens with zero attached hydrogens (tertiary/aromatic N) is 2. The lowest BCUT2D eigenvalue weighted by molar-refractivity contribution is 1.15. The summed E-state index contributed by atoms with van der Waals surface area (Å²) in [6.07, 6.45) is 5.26. The van der Waals surface area contributed by atoms with Gasteiger partial charge >= 0.3 is 0 Å². The molecule has 0 unspecified atom stereocenters. The third-order valence-electron chi connectivity index (χ3n) is 2.63. The molecule has 0 amide bonds. The summed E-state index contributed by atoms with van der Waals surface area (Å²) in [7, 11) is 0. The molecule has 0 aliphatic heterocycles. The molecule has 3 aromatic heterocycles. The van der Waals surface area contributed by atoms with Crippen molar-refractivity contribution < 1.29 is 0 Å². The van der Waals surface area contributed by atoms with E-state index in [0.717, 1.165) is 11.1 Å². The van der Waals surface area contributed by atoms with Gasteiger partial charge in [0.15, 0.2) is 5.65 Å². The summed E-state index contributed by atoms with van der Waals surface area (Å²) >= 11 is 0. The minimum absolute atomic E-state index is 0.133. The molecule has 4 nitrogen and oxygen atoms in total. The average Bonchev–Trinajstić information content (AvgIpc) is 2.77. The Hall–Kier alpha value is -2.36. The molecule has 0 atom stereocenters. The van der Waals surface area contributed by atoms with E-state index < -0.39 is 0 Å². The second-order valence-corrected chi connectivity index (χ2v) is 3.52. The smallest absolute Gasteiger partial charge is 0.273 e. The number of rotatable bonds is 1. The van der Waals surface area contributed by atoms with E-state index >= 15 is 0 Å².